The first-order valence-electron chi connectivity index (χ1n) is 12.5. The van der Waals surface area contributed by atoms with E-state index in [0.29, 0.717) is 24.2 Å². The fraction of sp³-hybridized carbons (Fsp3) is 0.241. The van der Waals surface area contributed by atoms with E-state index in [2.05, 4.69) is 38.9 Å². The molecule has 0 unspecified atom stereocenters. The van der Waals surface area contributed by atoms with Gasteiger partial charge in [-0.1, -0.05) is 48.5 Å². The Kier molecular flexibility index (Phi) is 7.57. The minimum absolute atomic E-state index is 0.0722. The Hall–Kier alpha value is -3.95. The predicted octanol–water partition coefficient (Wildman–Crippen LogP) is 4.04. The highest BCUT2D eigenvalue weighted by atomic mass is 32.2. The molecule has 1 amide bonds. The molecule has 4 aromatic rings. The molecule has 1 aliphatic rings. The van der Waals surface area contributed by atoms with E-state index in [0.717, 1.165) is 31.4 Å². The Morgan fingerprint density at radius 1 is 0.947 bits per heavy atom. The van der Waals surface area contributed by atoms with Crippen molar-refractivity contribution in [2.45, 2.75) is 11.3 Å². The highest BCUT2D eigenvalue weighted by Gasteiger charge is 2.24. The number of rotatable bonds is 8. The van der Waals surface area contributed by atoms with Crippen LogP contribution in [0.2, 0.25) is 0 Å². The second kappa shape index (κ2) is 11.2. The number of anilines is 1. The Morgan fingerprint density at radius 2 is 1.71 bits per heavy atom. The first-order chi connectivity index (χ1) is 18.4. The zero-order chi connectivity index (χ0) is 26.5. The standard InChI is InChI=1S/C29H30N4O4S/c1-37-26-21-24(29(34)33-19-17-32(18-20-33)16-14-22-7-3-2-4-8-22)12-13-25(26)31-38(35,36)27-11-5-9-23-10-6-15-30-28(23)27/h2-13,15,21,31H,14,16-20H2,1H3. The number of para-hydroxylation sites is 1. The summed E-state index contributed by atoms with van der Waals surface area (Å²) in [6.45, 7) is 3.86. The molecule has 1 aromatic heterocycles. The summed E-state index contributed by atoms with van der Waals surface area (Å²) in [4.78, 5) is 21.7. The van der Waals surface area contributed by atoms with Crippen LogP contribution < -0.4 is 9.46 Å². The third-order valence-electron chi connectivity index (χ3n) is 6.80. The molecule has 38 heavy (non-hydrogen) atoms. The third kappa shape index (κ3) is 5.64. The van der Waals surface area contributed by atoms with Gasteiger partial charge in [0.05, 0.1) is 18.3 Å². The molecule has 0 aliphatic carbocycles. The lowest BCUT2D eigenvalue weighted by molar-refractivity contribution is 0.0638. The number of ether oxygens (including phenoxy) is 1. The maximum Gasteiger partial charge on any atom is 0.264 e. The maximum absolute atomic E-state index is 13.2. The normalized spacial score (nSPS) is 14.4. The van der Waals surface area contributed by atoms with Crippen LogP contribution >= 0.6 is 0 Å². The Morgan fingerprint density at radius 3 is 2.47 bits per heavy atom. The summed E-state index contributed by atoms with van der Waals surface area (Å²) in [7, 11) is -2.50. The van der Waals surface area contributed by atoms with Crippen molar-refractivity contribution in [3.8, 4) is 5.75 Å². The van der Waals surface area contributed by atoms with Crippen molar-refractivity contribution in [1.82, 2.24) is 14.8 Å². The number of fused-ring (bicyclic) bond motifs is 1. The fourth-order valence-electron chi connectivity index (χ4n) is 4.69. The number of methoxy groups -OCH3 is 1. The van der Waals surface area contributed by atoms with Crippen LogP contribution in [0, 0.1) is 0 Å². The number of nitrogens with one attached hydrogen (secondary N) is 1. The summed E-state index contributed by atoms with van der Waals surface area (Å²) in [6.07, 6.45) is 2.55. The molecule has 2 heterocycles. The molecule has 1 fully saturated rings. The van der Waals surface area contributed by atoms with Crippen molar-refractivity contribution in [3.63, 3.8) is 0 Å². The van der Waals surface area contributed by atoms with Gasteiger partial charge in [0.25, 0.3) is 15.9 Å². The summed E-state index contributed by atoms with van der Waals surface area (Å²) >= 11 is 0. The molecule has 196 valence electrons. The number of pyridine rings is 1. The molecular weight excluding hydrogens is 500 g/mol. The van der Waals surface area contributed by atoms with Gasteiger partial charge in [-0.25, -0.2) is 8.42 Å². The SMILES string of the molecule is COc1cc(C(=O)N2CCN(CCc3ccccc3)CC2)ccc1NS(=O)(=O)c1cccc2cccnc12. The number of nitrogens with zero attached hydrogens (tertiary/aromatic N) is 3. The molecule has 0 atom stereocenters. The molecule has 8 nitrogen and oxygen atoms in total. The van der Waals surface area contributed by atoms with Crippen molar-refractivity contribution >= 4 is 32.5 Å². The van der Waals surface area contributed by atoms with Crippen LogP contribution in [0.15, 0.2) is 90.0 Å². The molecule has 0 saturated carbocycles. The Bertz CT molecular complexity index is 1530. The van der Waals surface area contributed by atoms with E-state index in [4.69, 9.17) is 4.74 Å². The van der Waals surface area contributed by atoms with Gasteiger partial charge < -0.3 is 9.64 Å². The largest absolute Gasteiger partial charge is 0.495 e. The summed E-state index contributed by atoms with van der Waals surface area (Å²) in [5.74, 6) is 0.174. The minimum atomic E-state index is -3.95. The number of carbonyl (C=O) groups is 1. The summed E-state index contributed by atoms with van der Waals surface area (Å²) in [5, 5.41) is 0.725. The maximum atomic E-state index is 13.2. The van der Waals surface area contributed by atoms with Gasteiger partial charge in [-0.05, 0) is 42.3 Å². The van der Waals surface area contributed by atoms with Crippen LogP contribution in [-0.2, 0) is 16.4 Å². The Balaban J connectivity index is 1.25. The quantitative estimate of drug-likeness (QED) is 0.370. The molecule has 0 radical (unpaired) electrons. The summed E-state index contributed by atoms with van der Waals surface area (Å²) in [6, 6.07) is 23.8. The minimum Gasteiger partial charge on any atom is -0.495 e. The van der Waals surface area contributed by atoms with Gasteiger partial charge in [0, 0.05) is 49.9 Å². The van der Waals surface area contributed by atoms with Crippen LogP contribution in [0.1, 0.15) is 15.9 Å². The van der Waals surface area contributed by atoms with E-state index < -0.39 is 10.0 Å². The van der Waals surface area contributed by atoms with Gasteiger partial charge in [0.1, 0.15) is 10.6 Å². The molecule has 9 heteroatoms. The number of hydrogen-bond acceptors (Lipinski definition) is 6. The van der Waals surface area contributed by atoms with Crippen molar-refractivity contribution < 1.29 is 17.9 Å². The number of hydrogen-bond donors (Lipinski definition) is 1. The van der Waals surface area contributed by atoms with Crippen LogP contribution in [0.3, 0.4) is 0 Å². The van der Waals surface area contributed by atoms with Crippen molar-refractivity contribution in [2.75, 3.05) is 44.6 Å². The first kappa shape index (κ1) is 25.7. The van der Waals surface area contributed by atoms with Gasteiger partial charge in [-0.15, -0.1) is 0 Å². The Labute approximate surface area is 222 Å². The highest BCUT2D eigenvalue weighted by molar-refractivity contribution is 7.93. The zero-order valence-electron chi connectivity index (χ0n) is 21.2. The number of amides is 1. The first-order valence-corrected chi connectivity index (χ1v) is 14.0. The lowest BCUT2D eigenvalue weighted by Gasteiger charge is -2.34. The van der Waals surface area contributed by atoms with Crippen LogP contribution in [-0.4, -0.2) is 68.9 Å². The van der Waals surface area contributed by atoms with Crippen LogP contribution in [0.25, 0.3) is 10.9 Å². The zero-order valence-corrected chi connectivity index (χ0v) is 22.0. The van der Waals surface area contributed by atoms with Gasteiger partial charge in [-0.2, -0.15) is 0 Å². The molecular formula is C29H30N4O4S. The highest BCUT2D eigenvalue weighted by Crippen LogP contribution is 2.30. The van der Waals surface area contributed by atoms with E-state index in [1.807, 2.05) is 23.1 Å². The smallest absolute Gasteiger partial charge is 0.264 e. The van der Waals surface area contributed by atoms with Crippen molar-refractivity contribution in [1.29, 1.82) is 0 Å². The van der Waals surface area contributed by atoms with E-state index >= 15 is 0 Å². The number of sulfonamides is 1. The van der Waals surface area contributed by atoms with E-state index in [-0.39, 0.29) is 22.2 Å². The summed E-state index contributed by atoms with van der Waals surface area (Å²) in [5.41, 5.74) is 2.40. The van der Waals surface area contributed by atoms with Crippen LogP contribution in [0.5, 0.6) is 5.75 Å². The van der Waals surface area contributed by atoms with Gasteiger partial charge in [-0.3, -0.25) is 19.4 Å². The molecule has 5 rings (SSSR count). The third-order valence-corrected chi connectivity index (χ3v) is 8.19. The lowest BCUT2D eigenvalue weighted by atomic mass is 10.1. The molecule has 3 aromatic carbocycles. The number of aromatic nitrogens is 1. The van der Waals surface area contributed by atoms with Gasteiger partial charge >= 0.3 is 0 Å². The lowest BCUT2D eigenvalue weighted by Crippen LogP contribution is -2.49. The predicted molar refractivity (Wildman–Crippen MR) is 148 cm³/mol. The second-order valence-corrected chi connectivity index (χ2v) is 10.9. The molecule has 1 aliphatic heterocycles. The molecule has 0 bridgehead atoms. The van der Waals surface area contributed by atoms with Crippen LogP contribution in [0.4, 0.5) is 5.69 Å². The fourth-order valence-corrected chi connectivity index (χ4v) is 5.94. The van der Waals surface area contributed by atoms with E-state index in [9.17, 15) is 13.2 Å². The monoisotopic (exact) mass is 530 g/mol. The average molecular weight is 531 g/mol. The number of piperazine rings is 1. The molecule has 1 N–H and O–H groups in total. The van der Waals surface area contributed by atoms with Crippen molar-refractivity contribution in [3.05, 3.63) is 96.2 Å². The second-order valence-electron chi connectivity index (χ2n) is 9.22. The van der Waals surface area contributed by atoms with Gasteiger partial charge in [0.15, 0.2) is 0 Å². The number of benzene rings is 3. The van der Waals surface area contributed by atoms with E-state index in [1.165, 1.54) is 18.7 Å². The molecule has 1 saturated heterocycles. The van der Waals surface area contributed by atoms with E-state index in [1.54, 1.807) is 36.5 Å². The van der Waals surface area contributed by atoms with Gasteiger partial charge in [0.2, 0.25) is 0 Å². The van der Waals surface area contributed by atoms with Crippen molar-refractivity contribution in [2.24, 2.45) is 0 Å². The average Bonchev–Trinajstić information content (AvgIpc) is 2.96. The summed E-state index contributed by atoms with van der Waals surface area (Å²) < 4.78 is 34.5. The topological polar surface area (TPSA) is 91.8 Å². The molecule has 0 spiro atoms. The number of carbonyl (C=O) groups excluding carboxylic acids is 1.